The molecule has 0 aliphatic carbocycles. The van der Waals surface area contributed by atoms with E-state index in [1.165, 1.54) is 7.11 Å². The molecule has 0 N–H and O–H groups in total. The van der Waals surface area contributed by atoms with E-state index in [2.05, 4.69) is 4.52 Å². The Morgan fingerprint density at radius 3 is 1.20 bits per heavy atom. The zero-order chi connectivity index (χ0) is 11.1. The van der Waals surface area contributed by atoms with E-state index in [4.69, 9.17) is 0 Å². The van der Waals surface area contributed by atoms with Gasteiger partial charge in [-0.1, -0.05) is 28.7 Å². The molecule has 1 unspecified atom stereocenters. The van der Waals surface area contributed by atoms with Gasteiger partial charge in [-0.2, -0.15) is 0 Å². The highest BCUT2D eigenvalue weighted by Gasteiger charge is 2.07. The molecule has 0 aromatic heterocycles. The van der Waals surface area contributed by atoms with E-state index in [0.717, 1.165) is 6.16 Å². The molecule has 5 heteroatoms. The van der Waals surface area contributed by atoms with Gasteiger partial charge in [-0.05, 0) is 19.5 Å². The fourth-order valence-electron chi connectivity index (χ4n) is 0.129. The van der Waals surface area contributed by atoms with E-state index in [0.29, 0.717) is 6.16 Å². The molecule has 0 bridgehead atoms. The summed E-state index contributed by atoms with van der Waals surface area (Å²) in [4.78, 5) is 0. The molecule has 3 nitrogen and oxygen atoms in total. The van der Waals surface area contributed by atoms with Crippen LogP contribution in [-0.4, -0.2) is 39.4 Å². The zero-order valence-electron chi connectivity index (χ0n) is 9.53. The SMILES string of the molecule is C.C.CCP(C)(=O)OC.CCP(C)(C)=O. The van der Waals surface area contributed by atoms with Crippen molar-refractivity contribution in [1.29, 1.82) is 0 Å². The summed E-state index contributed by atoms with van der Waals surface area (Å²) in [5.41, 5.74) is 0. The third-order valence-electron chi connectivity index (χ3n) is 1.72. The highest BCUT2D eigenvalue weighted by atomic mass is 31.2. The Morgan fingerprint density at radius 1 is 0.933 bits per heavy atom. The molecule has 0 rings (SSSR count). The van der Waals surface area contributed by atoms with Crippen LogP contribution in [-0.2, 0) is 13.7 Å². The molecular weight excluding hydrogens is 230 g/mol. The van der Waals surface area contributed by atoms with Gasteiger partial charge in [0.05, 0.1) is 7.14 Å². The van der Waals surface area contributed by atoms with Crippen LogP contribution >= 0.6 is 14.5 Å². The topological polar surface area (TPSA) is 43.4 Å². The quantitative estimate of drug-likeness (QED) is 0.703. The van der Waals surface area contributed by atoms with Crippen molar-refractivity contribution in [3.05, 3.63) is 0 Å². The molecule has 0 amide bonds. The van der Waals surface area contributed by atoms with Gasteiger partial charge in [0.2, 0.25) is 0 Å². The summed E-state index contributed by atoms with van der Waals surface area (Å²) in [6.45, 7) is 9.03. The molecule has 98 valence electrons. The summed E-state index contributed by atoms with van der Waals surface area (Å²) in [5.74, 6) is 0. The van der Waals surface area contributed by atoms with Gasteiger partial charge in [0.15, 0.2) is 7.37 Å². The summed E-state index contributed by atoms with van der Waals surface area (Å²) < 4.78 is 26.0. The minimum absolute atomic E-state index is 0. The van der Waals surface area contributed by atoms with Crippen LogP contribution in [0.1, 0.15) is 28.7 Å². The number of hydrogen-bond acceptors (Lipinski definition) is 3. The van der Waals surface area contributed by atoms with Gasteiger partial charge in [-0.15, -0.1) is 0 Å². The number of hydrogen-bond donors (Lipinski definition) is 0. The van der Waals surface area contributed by atoms with Crippen LogP contribution in [0.3, 0.4) is 0 Å². The van der Waals surface area contributed by atoms with Crippen molar-refractivity contribution in [3.63, 3.8) is 0 Å². The Kier molecular flexibility index (Phi) is 17.9. The van der Waals surface area contributed by atoms with Gasteiger partial charge in [-0.3, -0.25) is 4.57 Å². The Balaban J connectivity index is -0.0000000718. The van der Waals surface area contributed by atoms with Crippen LogP contribution in [0, 0.1) is 0 Å². The Bertz CT molecular complexity index is 201. The van der Waals surface area contributed by atoms with Crippen LogP contribution in [0.4, 0.5) is 0 Å². The molecule has 0 aliphatic heterocycles. The van der Waals surface area contributed by atoms with Crippen molar-refractivity contribution in [2.45, 2.75) is 28.7 Å². The average molecular weight is 260 g/mol. The van der Waals surface area contributed by atoms with Crippen molar-refractivity contribution in [3.8, 4) is 0 Å². The average Bonchev–Trinajstić information content (AvgIpc) is 2.04. The van der Waals surface area contributed by atoms with Gasteiger partial charge in [-0.25, -0.2) is 0 Å². The van der Waals surface area contributed by atoms with Gasteiger partial charge in [0, 0.05) is 19.9 Å². The third kappa shape index (κ3) is 25.1. The van der Waals surface area contributed by atoms with E-state index < -0.39 is 14.5 Å². The van der Waals surface area contributed by atoms with E-state index in [1.807, 2.05) is 13.8 Å². The Hall–Kier alpha value is 0.420. The first kappa shape index (κ1) is 24.6. The van der Waals surface area contributed by atoms with Crippen LogP contribution in [0.2, 0.25) is 0 Å². The Morgan fingerprint density at radius 2 is 1.20 bits per heavy atom. The molecule has 15 heavy (non-hydrogen) atoms. The van der Waals surface area contributed by atoms with E-state index in [9.17, 15) is 9.13 Å². The normalized spacial score (nSPS) is 13.5. The first-order valence-electron chi connectivity index (χ1n) is 4.34. The van der Waals surface area contributed by atoms with Crippen LogP contribution in [0.15, 0.2) is 0 Å². The molecule has 0 spiro atoms. The summed E-state index contributed by atoms with van der Waals surface area (Å²) >= 11 is 0. The maximum Gasteiger partial charge on any atom is 0.199 e. The minimum atomic E-state index is -2.15. The fourth-order valence-corrected chi connectivity index (χ4v) is 0.387. The maximum atomic E-state index is 10.7. The molecule has 0 aromatic carbocycles. The largest absolute Gasteiger partial charge is 0.332 e. The van der Waals surface area contributed by atoms with Gasteiger partial charge < -0.3 is 9.09 Å². The monoisotopic (exact) mass is 260 g/mol. The molecule has 0 aromatic rings. The Labute approximate surface area is 96.8 Å². The number of rotatable bonds is 3. The van der Waals surface area contributed by atoms with Crippen molar-refractivity contribution in [2.24, 2.45) is 0 Å². The highest BCUT2D eigenvalue weighted by Crippen LogP contribution is 2.39. The molecule has 0 saturated carbocycles. The summed E-state index contributed by atoms with van der Waals surface area (Å²) in [6, 6.07) is 0. The lowest BCUT2D eigenvalue weighted by atomic mass is 11.0. The summed E-state index contributed by atoms with van der Waals surface area (Å²) in [5, 5.41) is 0. The van der Waals surface area contributed by atoms with Gasteiger partial charge in [0.25, 0.3) is 0 Å². The second kappa shape index (κ2) is 10.9. The van der Waals surface area contributed by atoms with E-state index >= 15 is 0 Å². The third-order valence-corrected chi connectivity index (χ3v) is 5.17. The summed E-state index contributed by atoms with van der Waals surface area (Å²) in [7, 11) is -2.32. The first-order valence-corrected chi connectivity index (χ1v) is 9.39. The van der Waals surface area contributed by atoms with E-state index in [1.54, 1.807) is 20.0 Å². The van der Waals surface area contributed by atoms with Crippen molar-refractivity contribution < 1.29 is 13.7 Å². The second-order valence-corrected chi connectivity index (χ2v) is 10.2. The van der Waals surface area contributed by atoms with Crippen molar-refractivity contribution in [1.82, 2.24) is 0 Å². The molecule has 0 aliphatic rings. The van der Waals surface area contributed by atoms with Crippen LogP contribution in [0.5, 0.6) is 0 Å². The maximum absolute atomic E-state index is 10.7. The minimum Gasteiger partial charge on any atom is -0.332 e. The lowest BCUT2D eigenvalue weighted by Gasteiger charge is -2.04. The lowest BCUT2D eigenvalue weighted by Crippen LogP contribution is -1.82. The summed E-state index contributed by atoms with van der Waals surface area (Å²) in [6.07, 6.45) is 1.45. The lowest BCUT2D eigenvalue weighted by molar-refractivity contribution is 0.400. The second-order valence-electron chi connectivity index (χ2n) is 3.40. The zero-order valence-corrected chi connectivity index (χ0v) is 11.3. The molecule has 0 fully saturated rings. The van der Waals surface area contributed by atoms with Gasteiger partial charge >= 0.3 is 0 Å². The molecule has 0 radical (unpaired) electrons. The molecule has 0 heterocycles. The fraction of sp³-hybridized carbons (Fsp3) is 1.00. The van der Waals surface area contributed by atoms with Crippen molar-refractivity contribution in [2.75, 3.05) is 39.4 Å². The van der Waals surface area contributed by atoms with Gasteiger partial charge in [0.1, 0.15) is 0 Å². The standard InChI is InChI=1S/C4H11O2P.C4H11OP.2CH4/c1-4-7(3,5)6-2;1-4-6(2,3)5;;/h4H2,1-3H3;4H2,1-3H3;2*1H4. The van der Waals surface area contributed by atoms with Crippen LogP contribution in [0.25, 0.3) is 0 Å². The predicted molar refractivity (Wildman–Crippen MR) is 74.5 cm³/mol. The smallest absolute Gasteiger partial charge is 0.199 e. The molecule has 1 atom stereocenters. The predicted octanol–water partition coefficient (Wildman–Crippen LogP) is 4.46. The molecular formula is C10H30O3P2. The van der Waals surface area contributed by atoms with Crippen molar-refractivity contribution >= 4 is 14.5 Å². The van der Waals surface area contributed by atoms with E-state index in [-0.39, 0.29) is 14.9 Å². The van der Waals surface area contributed by atoms with Crippen LogP contribution < -0.4 is 0 Å². The highest BCUT2D eigenvalue weighted by molar-refractivity contribution is 7.62. The molecule has 0 saturated heterocycles. The first-order chi connectivity index (χ1) is 5.68.